The molecule has 1 saturated heterocycles. The van der Waals surface area contributed by atoms with Crippen molar-refractivity contribution in [3.63, 3.8) is 0 Å². The molecule has 0 aliphatic carbocycles. The minimum Gasteiger partial charge on any atom is -0.268 e. The van der Waals surface area contributed by atoms with Gasteiger partial charge in [0.2, 0.25) is 0 Å². The molecule has 1 aromatic carbocycles. The van der Waals surface area contributed by atoms with Crippen LogP contribution in [0.5, 0.6) is 0 Å². The standard InChI is InChI=1S/C14H17FN2O/c1-3-11-8-9-16-17(14(11)18)10(2)12-4-6-13(15)7-5-12/h3-7,10,16H,8-9H2,1-2H3/b11-3+. The van der Waals surface area contributed by atoms with Gasteiger partial charge in [0.25, 0.3) is 5.91 Å². The van der Waals surface area contributed by atoms with Crippen molar-refractivity contribution in [3.8, 4) is 0 Å². The Bertz CT molecular complexity index is 467. The zero-order valence-corrected chi connectivity index (χ0v) is 10.6. The fourth-order valence-corrected chi connectivity index (χ4v) is 2.12. The summed E-state index contributed by atoms with van der Waals surface area (Å²) in [6.07, 6.45) is 2.61. The molecule has 96 valence electrons. The third-order valence-electron chi connectivity index (χ3n) is 3.26. The molecule has 0 saturated carbocycles. The highest BCUT2D eigenvalue weighted by Gasteiger charge is 2.27. The number of carbonyl (C=O) groups is 1. The highest BCUT2D eigenvalue weighted by molar-refractivity contribution is 5.94. The van der Waals surface area contributed by atoms with Gasteiger partial charge >= 0.3 is 0 Å². The average molecular weight is 248 g/mol. The van der Waals surface area contributed by atoms with E-state index in [1.54, 1.807) is 17.1 Å². The van der Waals surface area contributed by atoms with Crippen molar-refractivity contribution in [1.29, 1.82) is 0 Å². The van der Waals surface area contributed by atoms with Crippen LogP contribution in [-0.2, 0) is 4.79 Å². The molecule has 0 aromatic heterocycles. The van der Waals surface area contributed by atoms with Gasteiger partial charge in [-0.25, -0.2) is 9.82 Å². The normalized spacial score (nSPS) is 20.3. The molecule has 1 aliphatic rings. The number of rotatable bonds is 2. The SMILES string of the molecule is C/C=C1\CCNN(C(C)c2ccc(F)cc2)C1=O. The molecule has 1 atom stereocenters. The first-order chi connectivity index (χ1) is 8.63. The van der Waals surface area contributed by atoms with Crippen LogP contribution in [0.4, 0.5) is 4.39 Å². The molecule has 1 unspecified atom stereocenters. The van der Waals surface area contributed by atoms with Gasteiger partial charge in [-0.2, -0.15) is 0 Å². The molecule has 1 N–H and O–H groups in total. The molecule has 1 fully saturated rings. The van der Waals surface area contributed by atoms with Crippen molar-refractivity contribution >= 4 is 5.91 Å². The molecule has 1 aromatic rings. The maximum atomic E-state index is 12.9. The van der Waals surface area contributed by atoms with Crippen LogP contribution in [0.3, 0.4) is 0 Å². The summed E-state index contributed by atoms with van der Waals surface area (Å²) in [7, 11) is 0. The summed E-state index contributed by atoms with van der Waals surface area (Å²) in [6, 6.07) is 6.12. The average Bonchev–Trinajstić information content (AvgIpc) is 2.39. The van der Waals surface area contributed by atoms with Gasteiger partial charge in [-0.05, 0) is 38.0 Å². The molecule has 1 heterocycles. The van der Waals surface area contributed by atoms with E-state index in [0.29, 0.717) is 0 Å². The molecule has 2 rings (SSSR count). The van der Waals surface area contributed by atoms with Crippen LogP contribution in [-0.4, -0.2) is 17.5 Å². The van der Waals surface area contributed by atoms with Crippen molar-refractivity contribution in [1.82, 2.24) is 10.4 Å². The second kappa shape index (κ2) is 5.31. The van der Waals surface area contributed by atoms with Crippen LogP contribution < -0.4 is 5.43 Å². The largest absolute Gasteiger partial charge is 0.268 e. The lowest BCUT2D eigenvalue weighted by Gasteiger charge is -2.34. The third kappa shape index (κ3) is 2.43. The predicted molar refractivity (Wildman–Crippen MR) is 68.0 cm³/mol. The first-order valence-electron chi connectivity index (χ1n) is 6.11. The monoisotopic (exact) mass is 248 g/mol. The topological polar surface area (TPSA) is 32.3 Å². The van der Waals surface area contributed by atoms with Crippen LogP contribution >= 0.6 is 0 Å². The number of hydrogen-bond donors (Lipinski definition) is 1. The van der Waals surface area contributed by atoms with Gasteiger partial charge < -0.3 is 0 Å². The molecular formula is C14H17FN2O. The highest BCUT2D eigenvalue weighted by Crippen LogP contribution is 2.23. The van der Waals surface area contributed by atoms with Gasteiger partial charge in [0.05, 0.1) is 6.04 Å². The summed E-state index contributed by atoms with van der Waals surface area (Å²) >= 11 is 0. The van der Waals surface area contributed by atoms with Gasteiger partial charge in [0.1, 0.15) is 5.82 Å². The molecule has 0 bridgehead atoms. The first-order valence-corrected chi connectivity index (χ1v) is 6.11. The molecule has 1 amide bonds. The van der Waals surface area contributed by atoms with E-state index in [2.05, 4.69) is 5.43 Å². The quantitative estimate of drug-likeness (QED) is 0.816. The molecule has 3 nitrogen and oxygen atoms in total. The van der Waals surface area contributed by atoms with Crippen molar-refractivity contribution in [2.75, 3.05) is 6.54 Å². The van der Waals surface area contributed by atoms with E-state index < -0.39 is 0 Å². The second-order valence-corrected chi connectivity index (χ2v) is 4.37. The molecule has 18 heavy (non-hydrogen) atoms. The first kappa shape index (κ1) is 12.8. The van der Waals surface area contributed by atoms with Crippen molar-refractivity contribution < 1.29 is 9.18 Å². The van der Waals surface area contributed by atoms with E-state index >= 15 is 0 Å². The van der Waals surface area contributed by atoms with E-state index in [4.69, 9.17) is 0 Å². The van der Waals surface area contributed by atoms with Gasteiger partial charge in [0.15, 0.2) is 0 Å². The maximum absolute atomic E-state index is 12.9. The van der Waals surface area contributed by atoms with E-state index in [1.807, 2.05) is 19.9 Å². The van der Waals surface area contributed by atoms with Crippen LogP contribution in [0.15, 0.2) is 35.9 Å². The number of nitrogens with zero attached hydrogens (tertiary/aromatic N) is 1. The minimum atomic E-state index is -0.266. The van der Waals surface area contributed by atoms with Gasteiger partial charge in [-0.15, -0.1) is 0 Å². The Morgan fingerprint density at radius 1 is 1.39 bits per heavy atom. The number of carbonyl (C=O) groups excluding carboxylic acids is 1. The molecule has 4 heteroatoms. The zero-order valence-electron chi connectivity index (χ0n) is 10.6. The molecule has 1 aliphatic heterocycles. The Labute approximate surface area is 106 Å². The Kier molecular flexibility index (Phi) is 3.77. The van der Waals surface area contributed by atoms with Gasteiger partial charge in [-0.3, -0.25) is 9.80 Å². The maximum Gasteiger partial charge on any atom is 0.264 e. The number of benzene rings is 1. The lowest BCUT2D eigenvalue weighted by atomic mass is 10.0. The van der Waals surface area contributed by atoms with E-state index in [1.165, 1.54) is 12.1 Å². The van der Waals surface area contributed by atoms with Gasteiger partial charge in [0, 0.05) is 12.1 Å². The molecule has 0 radical (unpaired) electrons. The number of allylic oxidation sites excluding steroid dienone is 1. The third-order valence-corrected chi connectivity index (χ3v) is 3.26. The van der Waals surface area contributed by atoms with E-state index in [0.717, 1.165) is 24.1 Å². The lowest BCUT2D eigenvalue weighted by molar-refractivity contribution is -0.134. The number of nitrogens with one attached hydrogen (secondary N) is 1. The Balaban J connectivity index is 2.20. The highest BCUT2D eigenvalue weighted by atomic mass is 19.1. The van der Waals surface area contributed by atoms with Crippen molar-refractivity contribution in [3.05, 3.63) is 47.3 Å². The Morgan fingerprint density at radius 2 is 2.06 bits per heavy atom. The lowest BCUT2D eigenvalue weighted by Crippen LogP contribution is -2.49. The number of hydrogen-bond acceptors (Lipinski definition) is 2. The van der Waals surface area contributed by atoms with E-state index in [9.17, 15) is 9.18 Å². The summed E-state index contributed by atoms with van der Waals surface area (Å²) in [5.74, 6) is -0.265. The molecule has 0 spiro atoms. The van der Waals surface area contributed by atoms with Crippen molar-refractivity contribution in [2.45, 2.75) is 26.3 Å². The van der Waals surface area contributed by atoms with Crippen LogP contribution in [0, 0.1) is 5.82 Å². The number of amides is 1. The van der Waals surface area contributed by atoms with Crippen LogP contribution in [0.1, 0.15) is 31.9 Å². The smallest absolute Gasteiger partial charge is 0.264 e. The Morgan fingerprint density at radius 3 is 2.67 bits per heavy atom. The summed E-state index contributed by atoms with van der Waals surface area (Å²) in [4.78, 5) is 12.2. The molecular weight excluding hydrogens is 231 g/mol. The van der Waals surface area contributed by atoms with Crippen molar-refractivity contribution in [2.24, 2.45) is 0 Å². The van der Waals surface area contributed by atoms with E-state index in [-0.39, 0.29) is 17.8 Å². The number of halogens is 1. The van der Waals surface area contributed by atoms with Gasteiger partial charge in [-0.1, -0.05) is 18.2 Å². The number of hydrazine groups is 1. The fraction of sp³-hybridized carbons (Fsp3) is 0.357. The predicted octanol–water partition coefficient (Wildman–Crippen LogP) is 2.57. The minimum absolute atomic E-state index is 0.000532. The fourth-order valence-electron chi connectivity index (χ4n) is 2.12. The summed E-state index contributed by atoms with van der Waals surface area (Å²) < 4.78 is 12.9. The second-order valence-electron chi connectivity index (χ2n) is 4.37. The zero-order chi connectivity index (χ0) is 13.1. The van der Waals surface area contributed by atoms with Crippen LogP contribution in [0.2, 0.25) is 0 Å². The van der Waals surface area contributed by atoms with Crippen LogP contribution in [0.25, 0.3) is 0 Å². The summed E-state index contributed by atoms with van der Waals surface area (Å²) in [5, 5.41) is 1.62. The summed E-state index contributed by atoms with van der Waals surface area (Å²) in [6.45, 7) is 4.55. The Hall–Kier alpha value is -1.68. The summed E-state index contributed by atoms with van der Waals surface area (Å²) in [5.41, 5.74) is 4.83.